The Morgan fingerprint density at radius 2 is 1.78 bits per heavy atom. The third-order valence-corrected chi connectivity index (χ3v) is 7.62. The number of nitro groups is 1. The fourth-order valence-corrected chi connectivity index (χ4v) is 5.76. The third-order valence-electron chi connectivity index (χ3n) is 7.62. The molecule has 0 radical (unpaired) electrons. The maximum Gasteiger partial charge on any atom is 0.295 e. The Labute approximate surface area is 207 Å². The lowest BCUT2D eigenvalue weighted by atomic mass is 9.89. The number of carbonyl (C=O) groups excluding carboxylic acids is 1. The van der Waals surface area contributed by atoms with Crippen molar-refractivity contribution >= 4 is 17.4 Å². The number of hydrogen-bond acceptors (Lipinski definition) is 6. The first-order valence-corrected chi connectivity index (χ1v) is 12.2. The van der Waals surface area contributed by atoms with Gasteiger partial charge in [-0.3, -0.25) is 14.9 Å². The van der Waals surface area contributed by atoms with Crippen LogP contribution in [0.4, 0.5) is 15.9 Å². The zero-order valence-electron chi connectivity index (χ0n) is 19.5. The van der Waals surface area contributed by atoms with Gasteiger partial charge in [0.1, 0.15) is 24.1 Å². The van der Waals surface area contributed by atoms with Crippen LogP contribution in [0.25, 0.3) is 11.1 Å². The minimum atomic E-state index is -0.838. The maximum atomic E-state index is 13.6. The Morgan fingerprint density at radius 3 is 2.47 bits per heavy atom. The largest absolute Gasteiger partial charge is 0.356 e. The standard InChI is InChI=1S/C27H25FN4O4/c28-20-8-6-18(7-9-20)21-16-24(29-17-23(21)32(34)35)30-14-12-27(13-15-30)26(33)31-22(10-11-25(31)36-27)19-4-2-1-3-5-19/h1-9,16-17,22,25H,10-15H2/t22-,25+/m0/s1. The van der Waals surface area contributed by atoms with Crippen LogP contribution in [0.3, 0.4) is 0 Å². The molecule has 0 unspecified atom stereocenters. The second kappa shape index (κ2) is 8.67. The fourth-order valence-electron chi connectivity index (χ4n) is 5.76. The highest BCUT2D eigenvalue weighted by Crippen LogP contribution is 2.48. The summed E-state index contributed by atoms with van der Waals surface area (Å²) in [5, 5.41) is 11.6. The molecular weight excluding hydrogens is 463 g/mol. The normalized spacial score (nSPS) is 22.8. The van der Waals surface area contributed by atoms with E-state index < -0.39 is 16.3 Å². The molecule has 36 heavy (non-hydrogen) atoms. The Hall–Kier alpha value is -3.85. The van der Waals surface area contributed by atoms with Gasteiger partial charge < -0.3 is 14.5 Å². The summed E-state index contributed by atoms with van der Waals surface area (Å²) < 4.78 is 19.8. The van der Waals surface area contributed by atoms with Gasteiger partial charge in [-0.15, -0.1) is 0 Å². The highest BCUT2D eigenvalue weighted by atomic mass is 19.1. The van der Waals surface area contributed by atoms with Crippen LogP contribution in [0.2, 0.25) is 0 Å². The van der Waals surface area contributed by atoms with Gasteiger partial charge in [-0.2, -0.15) is 0 Å². The maximum absolute atomic E-state index is 13.6. The number of piperidine rings is 1. The van der Waals surface area contributed by atoms with E-state index in [1.165, 1.54) is 30.5 Å². The number of carbonyl (C=O) groups is 1. The summed E-state index contributed by atoms with van der Waals surface area (Å²) in [4.78, 5) is 33.1. The number of nitrogens with zero attached hydrogens (tertiary/aromatic N) is 4. The summed E-state index contributed by atoms with van der Waals surface area (Å²) in [7, 11) is 0. The summed E-state index contributed by atoms with van der Waals surface area (Å²) in [5.41, 5.74) is 1.08. The average molecular weight is 489 g/mol. The minimum Gasteiger partial charge on any atom is -0.356 e. The highest BCUT2D eigenvalue weighted by molar-refractivity contribution is 5.88. The van der Waals surface area contributed by atoms with Gasteiger partial charge in [0.25, 0.3) is 11.6 Å². The van der Waals surface area contributed by atoms with Gasteiger partial charge in [-0.1, -0.05) is 42.5 Å². The summed E-state index contributed by atoms with van der Waals surface area (Å²) in [5.74, 6) is 0.235. The van der Waals surface area contributed by atoms with Gasteiger partial charge in [-0.05, 0) is 42.2 Å². The van der Waals surface area contributed by atoms with Crippen LogP contribution >= 0.6 is 0 Å². The molecule has 2 aromatic carbocycles. The second-order valence-corrected chi connectivity index (χ2v) is 9.59. The first-order valence-electron chi connectivity index (χ1n) is 12.2. The number of hydrogen-bond donors (Lipinski definition) is 0. The summed E-state index contributed by atoms with van der Waals surface area (Å²) in [6.45, 7) is 1.08. The van der Waals surface area contributed by atoms with E-state index in [2.05, 4.69) is 17.1 Å². The molecule has 8 nitrogen and oxygen atoms in total. The van der Waals surface area contributed by atoms with E-state index >= 15 is 0 Å². The monoisotopic (exact) mass is 488 g/mol. The number of anilines is 1. The Morgan fingerprint density at radius 1 is 1.06 bits per heavy atom. The lowest BCUT2D eigenvalue weighted by Gasteiger charge is -2.38. The van der Waals surface area contributed by atoms with E-state index in [1.807, 2.05) is 28.0 Å². The third kappa shape index (κ3) is 3.71. The Balaban J connectivity index is 1.22. The number of fused-ring (bicyclic) bond motifs is 1. The number of pyridine rings is 1. The van der Waals surface area contributed by atoms with Crippen LogP contribution in [-0.2, 0) is 9.53 Å². The number of amides is 1. The molecule has 0 aliphatic carbocycles. The number of rotatable bonds is 4. The van der Waals surface area contributed by atoms with Crippen molar-refractivity contribution in [1.29, 1.82) is 0 Å². The van der Waals surface area contributed by atoms with Crippen molar-refractivity contribution in [3.05, 3.63) is 88.4 Å². The number of benzene rings is 2. The number of halogens is 1. The molecule has 3 aliphatic rings. The lowest BCUT2D eigenvalue weighted by molar-refractivity contribution is -0.384. The lowest BCUT2D eigenvalue weighted by Crippen LogP contribution is -2.50. The van der Waals surface area contributed by atoms with E-state index in [1.54, 1.807) is 6.07 Å². The van der Waals surface area contributed by atoms with Crippen LogP contribution in [0, 0.1) is 15.9 Å². The molecular formula is C27H25FN4O4. The van der Waals surface area contributed by atoms with Crippen molar-refractivity contribution in [2.75, 3.05) is 18.0 Å². The molecule has 1 aromatic heterocycles. The molecule has 0 bridgehead atoms. The predicted molar refractivity (Wildman–Crippen MR) is 131 cm³/mol. The highest BCUT2D eigenvalue weighted by Gasteiger charge is 2.58. The smallest absolute Gasteiger partial charge is 0.295 e. The van der Waals surface area contributed by atoms with E-state index in [0.717, 1.165) is 18.4 Å². The van der Waals surface area contributed by atoms with Crippen molar-refractivity contribution in [1.82, 2.24) is 9.88 Å². The minimum absolute atomic E-state index is 0.0377. The van der Waals surface area contributed by atoms with Crippen molar-refractivity contribution in [3.8, 4) is 11.1 Å². The molecule has 0 saturated carbocycles. The van der Waals surface area contributed by atoms with Gasteiger partial charge >= 0.3 is 0 Å². The number of aromatic nitrogens is 1. The van der Waals surface area contributed by atoms with Gasteiger partial charge in [0.15, 0.2) is 5.60 Å². The Kier molecular flexibility index (Phi) is 5.44. The first kappa shape index (κ1) is 22.6. The predicted octanol–water partition coefficient (Wildman–Crippen LogP) is 4.85. The van der Waals surface area contributed by atoms with E-state index in [0.29, 0.717) is 42.9 Å². The summed E-state index contributed by atoms with van der Waals surface area (Å²) in [6.07, 6.45) is 3.80. The van der Waals surface area contributed by atoms with Crippen LogP contribution < -0.4 is 4.90 Å². The van der Waals surface area contributed by atoms with Crippen LogP contribution in [0.1, 0.15) is 37.3 Å². The summed E-state index contributed by atoms with van der Waals surface area (Å²) in [6, 6.07) is 17.4. The van der Waals surface area contributed by atoms with Gasteiger partial charge in [-0.25, -0.2) is 9.37 Å². The molecule has 4 heterocycles. The molecule has 3 aliphatic heterocycles. The molecule has 9 heteroatoms. The molecule has 3 fully saturated rings. The van der Waals surface area contributed by atoms with E-state index in [-0.39, 0.29) is 23.9 Å². The molecule has 6 rings (SSSR count). The average Bonchev–Trinajstić information content (AvgIpc) is 3.43. The van der Waals surface area contributed by atoms with Gasteiger partial charge in [0.2, 0.25) is 0 Å². The first-order chi connectivity index (χ1) is 17.4. The molecule has 1 amide bonds. The zero-order valence-corrected chi connectivity index (χ0v) is 19.5. The Bertz CT molecular complexity index is 1310. The molecule has 3 aromatic rings. The molecule has 3 saturated heterocycles. The second-order valence-electron chi connectivity index (χ2n) is 9.59. The van der Waals surface area contributed by atoms with Gasteiger partial charge in [0, 0.05) is 25.9 Å². The number of ether oxygens (including phenoxy) is 1. The van der Waals surface area contributed by atoms with E-state index in [4.69, 9.17) is 4.74 Å². The topological polar surface area (TPSA) is 88.8 Å². The van der Waals surface area contributed by atoms with E-state index in [9.17, 15) is 19.3 Å². The van der Waals surface area contributed by atoms with Crippen LogP contribution in [-0.4, -0.2) is 45.6 Å². The molecule has 0 N–H and O–H groups in total. The zero-order chi connectivity index (χ0) is 24.9. The van der Waals surface area contributed by atoms with Crippen molar-refractivity contribution in [2.24, 2.45) is 0 Å². The van der Waals surface area contributed by atoms with Crippen LogP contribution in [0.15, 0.2) is 66.9 Å². The van der Waals surface area contributed by atoms with Gasteiger partial charge in [0.05, 0.1) is 16.5 Å². The fraction of sp³-hybridized carbons (Fsp3) is 0.333. The molecule has 1 spiro atoms. The SMILES string of the molecule is O=C1N2[C@@H](CC[C@H]2c2ccccc2)OC12CCN(c1cc(-c3ccc(F)cc3)c([N+](=O)[O-])cn1)CC2. The quantitative estimate of drug-likeness (QED) is 0.385. The van der Waals surface area contributed by atoms with Crippen molar-refractivity contribution < 1.29 is 18.8 Å². The summed E-state index contributed by atoms with van der Waals surface area (Å²) >= 11 is 0. The molecule has 2 atom stereocenters. The van der Waals surface area contributed by atoms with Crippen molar-refractivity contribution in [2.45, 2.75) is 43.6 Å². The molecule has 184 valence electrons. The van der Waals surface area contributed by atoms with Crippen LogP contribution in [0.5, 0.6) is 0 Å². The van der Waals surface area contributed by atoms with Crippen molar-refractivity contribution in [3.63, 3.8) is 0 Å².